The quantitative estimate of drug-likeness (QED) is 0.778. The molecule has 2 N–H and O–H groups in total. The lowest BCUT2D eigenvalue weighted by atomic mass is 10.3. The normalized spacial score (nSPS) is 9.70. The summed E-state index contributed by atoms with van der Waals surface area (Å²) in [6, 6.07) is 4.57. The van der Waals surface area contributed by atoms with E-state index in [2.05, 4.69) is 27.8 Å². The van der Waals surface area contributed by atoms with Gasteiger partial charge in [-0.2, -0.15) is 0 Å². The molecule has 0 aliphatic heterocycles. The Bertz CT molecular complexity index is 519. The van der Waals surface area contributed by atoms with Crippen LogP contribution >= 0.6 is 15.9 Å². The summed E-state index contributed by atoms with van der Waals surface area (Å²) in [7, 11) is 1.52. The van der Waals surface area contributed by atoms with Gasteiger partial charge >= 0.3 is 12.0 Å². The molecule has 0 radical (unpaired) electrons. The third kappa shape index (κ3) is 4.58. The number of hydrogen-bond donors (Lipinski definition) is 2. The Hall–Kier alpha value is -2.02. The van der Waals surface area contributed by atoms with Crippen molar-refractivity contribution in [2.45, 2.75) is 0 Å². The van der Waals surface area contributed by atoms with Gasteiger partial charge in [-0.15, -0.1) is 6.58 Å². The van der Waals surface area contributed by atoms with Gasteiger partial charge in [-0.3, -0.25) is 4.79 Å². The zero-order chi connectivity index (χ0) is 15.1. The number of carboxylic acids is 1. The van der Waals surface area contributed by atoms with Gasteiger partial charge in [-0.1, -0.05) is 6.08 Å². The van der Waals surface area contributed by atoms with Gasteiger partial charge in [0.25, 0.3) is 0 Å². The SMILES string of the molecule is C=CCN(CC(=O)O)C(=O)Nc1cc(OC)ccc1Br. The minimum absolute atomic E-state index is 0.139. The lowest BCUT2D eigenvalue weighted by Crippen LogP contribution is -2.38. The highest BCUT2D eigenvalue weighted by Crippen LogP contribution is 2.27. The van der Waals surface area contributed by atoms with Crippen molar-refractivity contribution < 1.29 is 19.4 Å². The minimum Gasteiger partial charge on any atom is -0.497 e. The first-order valence-electron chi connectivity index (χ1n) is 5.70. The topological polar surface area (TPSA) is 78.9 Å². The highest BCUT2D eigenvalue weighted by atomic mass is 79.9. The second-order valence-corrected chi connectivity index (χ2v) is 4.69. The first-order valence-corrected chi connectivity index (χ1v) is 6.49. The Balaban J connectivity index is 2.86. The van der Waals surface area contributed by atoms with Gasteiger partial charge in [-0.25, -0.2) is 4.79 Å². The molecule has 0 saturated carbocycles. The number of ether oxygens (including phenoxy) is 1. The summed E-state index contributed by atoms with van der Waals surface area (Å²) in [6.07, 6.45) is 1.46. The second-order valence-electron chi connectivity index (χ2n) is 3.84. The minimum atomic E-state index is -1.09. The fourth-order valence-corrected chi connectivity index (χ4v) is 1.81. The summed E-state index contributed by atoms with van der Waals surface area (Å²) in [5, 5.41) is 11.4. The fraction of sp³-hybridized carbons (Fsp3) is 0.231. The lowest BCUT2D eigenvalue weighted by molar-refractivity contribution is -0.137. The van der Waals surface area contributed by atoms with Crippen LogP contribution in [0.3, 0.4) is 0 Å². The number of carboxylic acid groups (broad SMARTS) is 1. The molecule has 0 atom stereocenters. The van der Waals surface area contributed by atoms with Crippen molar-refractivity contribution in [1.82, 2.24) is 4.90 Å². The number of urea groups is 1. The number of methoxy groups -OCH3 is 1. The van der Waals surface area contributed by atoms with E-state index < -0.39 is 18.5 Å². The summed E-state index contributed by atoms with van der Waals surface area (Å²) in [5.74, 6) is -0.510. The van der Waals surface area contributed by atoms with Crippen LogP contribution in [0.4, 0.5) is 10.5 Å². The summed E-state index contributed by atoms with van der Waals surface area (Å²) in [4.78, 5) is 23.9. The molecule has 0 fully saturated rings. The van der Waals surface area contributed by atoms with Crippen molar-refractivity contribution in [3.05, 3.63) is 35.3 Å². The summed E-state index contributed by atoms with van der Waals surface area (Å²) in [5.41, 5.74) is 0.494. The van der Waals surface area contributed by atoms with Gasteiger partial charge in [0, 0.05) is 17.1 Å². The zero-order valence-corrected chi connectivity index (χ0v) is 12.5. The van der Waals surface area contributed by atoms with Crippen LogP contribution in [0.1, 0.15) is 0 Å². The van der Waals surface area contributed by atoms with Crippen LogP contribution in [0.25, 0.3) is 0 Å². The number of aliphatic carboxylic acids is 1. The summed E-state index contributed by atoms with van der Waals surface area (Å²) < 4.78 is 5.74. The zero-order valence-electron chi connectivity index (χ0n) is 10.9. The summed E-state index contributed by atoms with van der Waals surface area (Å²) >= 11 is 3.30. The van der Waals surface area contributed by atoms with E-state index in [1.165, 1.54) is 13.2 Å². The maximum absolute atomic E-state index is 12.0. The number of nitrogens with one attached hydrogen (secondary N) is 1. The molecule has 20 heavy (non-hydrogen) atoms. The van der Waals surface area contributed by atoms with Crippen LogP contribution < -0.4 is 10.1 Å². The number of hydrogen-bond acceptors (Lipinski definition) is 3. The van der Waals surface area contributed by atoms with Gasteiger partial charge < -0.3 is 20.1 Å². The molecule has 0 aliphatic carbocycles. The molecule has 0 spiro atoms. The van der Waals surface area contributed by atoms with Crippen molar-refractivity contribution in [1.29, 1.82) is 0 Å². The molecule has 6 nitrogen and oxygen atoms in total. The number of nitrogens with zero attached hydrogens (tertiary/aromatic N) is 1. The molecule has 0 saturated heterocycles. The van der Waals surface area contributed by atoms with Crippen LogP contribution in [0, 0.1) is 0 Å². The number of amides is 2. The van der Waals surface area contributed by atoms with E-state index in [1.54, 1.807) is 18.2 Å². The molecule has 1 rings (SSSR count). The second kappa shape index (κ2) is 7.54. The largest absolute Gasteiger partial charge is 0.497 e. The van der Waals surface area contributed by atoms with E-state index in [-0.39, 0.29) is 6.54 Å². The van der Waals surface area contributed by atoms with Crippen molar-refractivity contribution in [3.8, 4) is 5.75 Å². The van der Waals surface area contributed by atoms with E-state index in [0.29, 0.717) is 15.9 Å². The molecule has 0 bridgehead atoms. The van der Waals surface area contributed by atoms with E-state index >= 15 is 0 Å². The Morgan fingerprint density at radius 3 is 2.80 bits per heavy atom. The average molecular weight is 343 g/mol. The molecular weight excluding hydrogens is 328 g/mol. The first-order chi connectivity index (χ1) is 9.47. The smallest absolute Gasteiger partial charge is 0.323 e. The van der Waals surface area contributed by atoms with E-state index in [9.17, 15) is 9.59 Å². The molecule has 7 heteroatoms. The molecule has 0 unspecified atom stereocenters. The van der Waals surface area contributed by atoms with E-state index in [1.807, 2.05) is 0 Å². The molecule has 0 aliphatic rings. The molecule has 108 valence electrons. The van der Waals surface area contributed by atoms with Gasteiger partial charge in [0.2, 0.25) is 0 Å². The number of carbonyl (C=O) groups is 2. The maximum Gasteiger partial charge on any atom is 0.323 e. The third-order valence-corrected chi connectivity index (χ3v) is 3.07. The molecule has 1 aromatic rings. The lowest BCUT2D eigenvalue weighted by Gasteiger charge is -2.20. The van der Waals surface area contributed by atoms with Crippen LogP contribution in [0.15, 0.2) is 35.3 Å². The monoisotopic (exact) mass is 342 g/mol. The molecule has 0 aromatic heterocycles. The van der Waals surface area contributed by atoms with Crippen molar-refractivity contribution in [3.63, 3.8) is 0 Å². The Kier molecular flexibility index (Phi) is 6.05. The van der Waals surface area contributed by atoms with Crippen LogP contribution in [0.2, 0.25) is 0 Å². The van der Waals surface area contributed by atoms with Crippen LogP contribution in [0.5, 0.6) is 5.75 Å². The van der Waals surface area contributed by atoms with E-state index in [4.69, 9.17) is 9.84 Å². The van der Waals surface area contributed by atoms with Gasteiger partial charge in [0.05, 0.1) is 12.8 Å². The number of carbonyl (C=O) groups excluding carboxylic acids is 1. The Morgan fingerprint density at radius 2 is 2.25 bits per heavy atom. The van der Waals surface area contributed by atoms with Gasteiger partial charge in [-0.05, 0) is 28.1 Å². The van der Waals surface area contributed by atoms with Gasteiger partial charge in [0.1, 0.15) is 12.3 Å². The van der Waals surface area contributed by atoms with Crippen molar-refractivity contribution in [2.24, 2.45) is 0 Å². The van der Waals surface area contributed by atoms with Crippen LogP contribution in [-0.4, -0.2) is 42.2 Å². The molecular formula is C13H15BrN2O4. The van der Waals surface area contributed by atoms with Crippen molar-refractivity contribution >= 4 is 33.6 Å². The molecule has 2 amide bonds. The number of anilines is 1. The van der Waals surface area contributed by atoms with Crippen LogP contribution in [-0.2, 0) is 4.79 Å². The highest BCUT2D eigenvalue weighted by Gasteiger charge is 2.16. The Labute approximate surface area is 125 Å². The number of rotatable bonds is 6. The summed E-state index contributed by atoms with van der Waals surface area (Å²) in [6.45, 7) is 3.23. The number of halogens is 1. The predicted molar refractivity (Wildman–Crippen MR) is 79.1 cm³/mol. The predicted octanol–water partition coefficient (Wildman–Crippen LogP) is 2.56. The molecule has 0 heterocycles. The fourth-order valence-electron chi connectivity index (χ4n) is 1.46. The number of benzene rings is 1. The first kappa shape index (κ1) is 16.0. The maximum atomic E-state index is 12.0. The van der Waals surface area contributed by atoms with Crippen molar-refractivity contribution in [2.75, 3.05) is 25.5 Å². The Morgan fingerprint density at radius 1 is 1.55 bits per heavy atom. The average Bonchev–Trinajstić information content (AvgIpc) is 2.40. The highest BCUT2D eigenvalue weighted by molar-refractivity contribution is 9.10. The standard InChI is InChI=1S/C13H15BrN2O4/c1-3-6-16(8-12(17)18)13(19)15-11-7-9(20-2)4-5-10(11)14/h3-5,7H,1,6,8H2,2H3,(H,15,19)(H,17,18). The molecule has 1 aromatic carbocycles. The van der Waals surface area contributed by atoms with E-state index in [0.717, 1.165) is 4.90 Å². The third-order valence-electron chi connectivity index (χ3n) is 2.38. The van der Waals surface area contributed by atoms with Gasteiger partial charge in [0.15, 0.2) is 0 Å².